The summed E-state index contributed by atoms with van der Waals surface area (Å²) in [5.41, 5.74) is 2.86. The van der Waals surface area contributed by atoms with E-state index in [9.17, 15) is 14.7 Å². The number of carbonyl (C=O) groups is 1. The fourth-order valence-electron chi connectivity index (χ4n) is 3.54. The summed E-state index contributed by atoms with van der Waals surface area (Å²) in [5.74, 6) is 0.540. The molecule has 1 aliphatic heterocycles. The number of nitrogens with one attached hydrogen (secondary N) is 2. The van der Waals surface area contributed by atoms with E-state index in [1.54, 1.807) is 55.5 Å². The molecule has 32 heavy (non-hydrogen) atoms. The van der Waals surface area contributed by atoms with Gasteiger partial charge in [-0.2, -0.15) is 4.98 Å². The van der Waals surface area contributed by atoms with E-state index in [-0.39, 0.29) is 24.4 Å². The Bertz CT molecular complexity index is 1150. The fourth-order valence-corrected chi connectivity index (χ4v) is 3.54. The Morgan fingerprint density at radius 2 is 2.00 bits per heavy atom. The summed E-state index contributed by atoms with van der Waals surface area (Å²) in [4.78, 5) is 30.9. The second-order valence-electron chi connectivity index (χ2n) is 7.74. The van der Waals surface area contributed by atoms with Gasteiger partial charge in [0, 0.05) is 18.7 Å². The summed E-state index contributed by atoms with van der Waals surface area (Å²) < 4.78 is 11.0. The summed E-state index contributed by atoms with van der Waals surface area (Å²) in [6.45, 7) is 2.96. The van der Waals surface area contributed by atoms with E-state index in [1.807, 2.05) is 0 Å². The van der Waals surface area contributed by atoms with Gasteiger partial charge in [0.2, 0.25) is 0 Å². The molecule has 2 heterocycles. The van der Waals surface area contributed by atoms with Crippen molar-refractivity contribution in [1.82, 2.24) is 15.3 Å². The van der Waals surface area contributed by atoms with Gasteiger partial charge in [0.1, 0.15) is 11.5 Å². The van der Waals surface area contributed by atoms with Crippen LogP contribution in [0.1, 0.15) is 18.4 Å². The molecule has 3 N–H and O–H groups in total. The Hall–Kier alpha value is -3.65. The third-order valence-corrected chi connectivity index (χ3v) is 5.32. The molecule has 8 nitrogen and oxygen atoms in total. The van der Waals surface area contributed by atoms with Crippen LogP contribution in [0.3, 0.4) is 0 Å². The molecule has 166 valence electrons. The van der Waals surface area contributed by atoms with Gasteiger partial charge in [-0.05, 0) is 79.4 Å². The van der Waals surface area contributed by atoms with Gasteiger partial charge >= 0.3 is 5.69 Å². The van der Waals surface area contributed by atoms with Crippen LogP contribution in [0.15, 0.2) is 53.3 Å². The zero-order valence-electron chi connectivity index (χ0n) is 17.8. The van der Waals surface area contributed by atoms with Crippen molar-refractivity contribution in [3.63, 3.8) is 0 Å². The van der Waals surface area contributed by atoms with Gasteiger partial charge in [-0.15, -0.1) is 0 Å². The average molecular weight is 435 g/mol. The molecule has 0 spiro atoms. The van der Waals surface area contributed by atoms with Gasteiger partial charge in [-0.3, -0.25) is 4.79 Å². The number of amides is 1. The highest BCUT2D eigenvalue weighted by Gasteiger charge is 2.16. The highest BCUT2D eigenvalue weighted by atomic mass is 16.5. The molecule has 1 amide bonds. The van der Waals surface area contributed by atoms with Crippen LogP contribution in [0, 0.1) is 6.92 Å². The maximum atomic E-state index is 12.1. The average Bonchev–Trinajstić information content (AvgIpc) is 3.32. The van der Waals surface area contributed by atoms with Crippen LogP contribution in [0.25, 0.3) is 22.5 Å². The molecule has 1 aliphatic rings. The molecular weight excluding hydrogens is 410 g/mol. The molecular formula is C24H25N3O5. The number of carbonyl (C=O) groups excluding carboxylic acids is 1. The third-order valence-electron chi connectivity index (χ3n) is 5.32. The number of aromatic nitrogens is 2. The summed E-state index contributed by atoms with van der Waals surface area (Å²) in [6, 6.07) is 13.9. The quantitative estimate of drug-likeness (QED) is 0.526. The third kappa shape index (κ3) is 5.33. The van der Waals surface area contributed by atoms with Crippen molar-refractivity contribution in [3.8, 4) is 34.0 Å². The van der Waals surface area contributed by atoms with E-state index in [1.165, 1.54) is 0 Å². The highest BCUT2D eigenvalue weighted by molar-refractivity contribution is 5.77. The molecule has 0 saturated carbocycles. The maximum Gasteiger partial charge on any atom is 0.345 e. The number of ether oxygens (including phenoxy) is 2. The van der Waals surface area contributed by atoms with E-state index in [0.29, 0.717) is 29.2 Å². The van der Waals surface area contributed by atoms with Crippen molar-refractivity contribution in [2.24, 2.45) is 0 Å². The number of hydrogen-bond donors (Lipinski definition) is 3. The highest BCUT2D eigenvalue weighted by Crippen LogP contribution is 2.26. The number of hydrogen-bond acceptors (Lipinski definition) is 6. The number of benzene rings is 2. The minimum Gasteiger partial charge on any atom is -0.508 e. The van der Waals surface area contributed by atoms with Gasteiger partial charge < -0.3 is 24.9 Å². The molecule has 8 heteroatoms. The van der Waals surface area contributed by atoms with Crippen molar-refractivity contribution in [3.05, 3.63) is 64.6 Å². The Labute approximate surface area is 185 Å². The first-order valence-electron chi connectivity index (χ1n) is 10.5. The lowest BCUT2D eigenvalue weighted by atomic mass is 10.1. The number of aryl methyl sites for hydroxylation is 1. The molecule has 3 aromatic rings. The Balaban J connectivity index is 1.41. The zero-order valence-corrected chi connectivity index (χ0v) is 17.8. The second-order valence-corrected chi connectivity index (χ2v) is 7.74. The van der Waals surface area contributed by atoms with Crippen LogP contribution in [-0.2, 0) is 9.53 Å². The van der Waals surface area contributed by atoms with Crippen LogP contribution < -0.4 is 15.7 Å². The second kappa shape index (κ2) is 9.65. The minimum atomic E-state index is -0.466. The van der Waals surface area contributed by atoms with Crippen LogP contribution in [0.2, 0.25) is 0 Å². The van der Waals surface area contributed by atoms with Crippen molar-refractivity contribution < 1.29 is 19.4 Å². The van der Waals surface area contributed by atoms with Gasteiger partial charge in [0.05, 0.1) is 17.5 Å². The zero-order chi connectivity index (χ0) is 22.5. The van der Waals surface area contributed by atoms with Crippen molar-refractivity contribution >= 4 is 5.91 Å². The first-order chi connectivity index (χ1) is 15.5. The Kier molecular flexibility index (Phi) is 6.51. The summed E-state index contributed by atoms with van der Waals surface area (Å²) in [6.07, 6.45) is 2.09. The van der Waals surface area contributed by atoms with Crippen molar-refractivity contribution in [2.45, 2.75) is 25.9 Å². The number of phenols is 1. The maximum absolute atomic E-state index is 12.1. The van der Waals surface area contributed by atoms with Crippen LogP contribution in [0.5, 0.6) is 11.5 Å². The molecule has 1 fully saturated rings. The molecule has 2 aromatic carbocycles. The van der Waals surface area contributed by atoms with Crippen molar-refractivity contribution in [1.29, 1.82) is 0 Å². The van der Waals surface area contributed by atoms with Crippen LogP contribution in [-0.4, -0.2) is 46.8 Å². The first kappa shape index (κ1) is 21.6. The lowest BCUT2D eigenvalue weighted by molar-refractivity contribution is -0.123. The van der Waals surface area contributed by atoms with E-state index in [0.717, 1.165) is 30.6 Å². The van der Waals surface area contributed by atoms with Gasteiger partial charge in [-0.25, -0.2) is 4.79 Å². The predicted molar refractivity (Wildman–Crippen MR) is 120 cm³/mol. The first-order valence-corrected chi connectivity index (χ1v) is 10.5. The van der Waals surface area contributed by atoms with Gasteiger partial charge in [-0.1, -0.05) is 0 Å². The molecule has 1 aromatic heterocycles. The number of nitrogens with zero attached hydrogens (tertiary/aromatic N) is 1. The lowest BCUT2D eigenvalue weighted by Gasteiger charge is -2.11. The SMILES string of the molecule is Cc1cc(-c2cc(-c3ccc(OCC(=O)NCC4CCCO4)cc3)[nH]c(=O)n2)ccc1O. The molecule has 4 rings (SSSR count). The number of phenolic OH excluding ortho intramolecular Hbond substituents is 1. The molecule has 1 saturated heterocycles. The Morgan fingerprint density at radius 3 is 2.72 bits per heavy atom. The number of aromatic hydroxyl groups is 1. The number of aromatic amines is 1. The monoisotopic (exact) mass is 435 g/mol. The molecule has 0 bridgehead atoms. The van der Waals surface area contributed by atoms with E-state index >= 15 is 0 Å². The molecule has 0 radical (unpaired) electrons. The van der Waals surface area contributed by atoms with E-state index in [2.05, 4.69) is 15.3 Å². The molecule has 1 atom stereocenters. The van der Waals surface area contributed by atoms with Crippen molar-refractivity contribution in [2.75, 3.05) is 19.8 Å². The van der Waals surface area contributed by atoms with E-state index < -0.39 is 5.69 Å². The normalized spacial score (nSPS) is 15.5. The number of rotatable bonds is 7. The fraction of sp³-hybridized carbons (Fsp3) is 0.292. The lowest BCUT2D eigenvalue weighted by Crippen LogP contribution is -2.35. The number of H-pyrrole nitrogens is 1. The topological polar surface area (TPSA) is 114 Å². The minimum absolute atomic E-state index is 0.0808. The smallest absolute Gasteiger partial charge is 0.345 e. The van der Waals surface area contributed by atoms with Crippen LogP contribution >= 0.6 is 0 Å². The predicted octanol–water partition coefficient (Wildman–Crippen LogP) is 2.79. The summed E-state index contributed by atoms with van der Waals surface area (Å²) in [7, 11) is 0. The van der Waals surface area contributed by atoms with E-state index in [4.69, 9.17) is 9.47 Å². The standard InChI is InChI=1S/C24H25N3O5/c1-15-11-17(6-9-22(15)28)21-12-20(26-24(30)27-21)16-4-7-18(8-5-16)32-14-23(29)25-13-19-3-2-10-31-19/h4-9,11-12,19,28H,2-3,10,13-14H2,1H3,(H,25,29)(H,26,27,30). The largest absolute Gasteiger partial charge is 0.508 e. The Morgan fingerprint density at radius 1 is 1.22 bits per heavy atom. The van der Waals surface area contributed by atoms with Gasteiger partial charge in [0.25, 0.3) is 5.91 Å². The summed E-state index contributed by atoms with van der Waals surface area (Å²) in [5, 5.41) is 12.5. The summed E-state index contributed by atoms with van der Waals surface area (Å²) >= 11 is 0. The molecule has 1 unspecified atom stereocenters. The van der Waals surface area contributed by atoms with Gasteiger partial charge in [0.15, 0.2) is 6.61 Å². The van der Waals surface area contributed by atoms with Crippen LogP contribution in [0.4, 0.5) is 0 Å². The molecule has 0 aliphatic carbocycles.